The summed E-state index contributed by atoms with van der Waals surface area (Å²) in [6.07, 6.45) is -3.21. The number of benzene rings is 3. The Hall–Kier alpha value is -3.57. The Balaban J connectivity index is 1.80. The number of nitriles is 1. The number of para-hydroxylation sites is 1. The van der Waals surface area contributed by atoms with E-state index >= 15 is 0 Å². The first kappa shape index (κ1) is 23.1. The number of amides is 1. The molecule has 0 fully saturated rings. The summed E-state index contributed by atoms with van der Waals surface area (Å²) in [6, 6.07) is 20.4. The highest BCUT2D eigenvalue weighted by atomic mass is 79.9. The van der Waals surface area contributed by atoms with E-state index in [0.29, 0.717) is 11.3 Å². The van der Waals surface area contributed by atoms with Crippen molar-refractivity contribution in [2.24, 2.45) is 0 Å². The van der Waals surface area contributed by atoms with Crippen molar-refractivity contribution in [2.45, 2.75) is 12.8 Å². The first-order valence-electron chi connectivity index (χ1n) is 9.33. The number of rotatable bonds is 6. The molecule has 0 aliphatic heterocycles. The van der Waals surface area contributed by atoms with Crippen molar-refractivity contribution < 1.29 is 22.7 Å². The molecule has 1 amide bonds. The first-order valence-corrected chi connectivity index (χ1v) is 10.1. The maximum atomic E-state index is 12.9. The van der Waals surface area contributed by atoms with Gasteiger partial charge in [0.15, 0.2) is 0 Å². The Morgan fingerprint density at radius 3 is 2.50 bits per heavy atom. The minimum absolute atomic E-state index is 0.0653. The molecule has 0 saturated carbocycles. The Kier molecular flexibility index (Phi) is 7.33. The minimum Gasteiger partial charge on any atom is -0.488 e. The molecule has 0 aliphatic carbocycles. The van der Waals surface area contributed by atoms with Crippen LogP contribution in [-0.2, 0) is 17.6 Å². The van der Waals surface area contributed by atoms with Crippen LogP contribution in [0.4, 0.5) is 18.9 Å². The van der Waals surface area contributed by atoms with Gasteiger partial charge in [0.1, 0.15) is 24.0 Å². The lowest BCUT2D eigenvalue weighted by atomic mass is 10.1. The second-order valence-electron chi connectivity index (χ2n) is 6.62. The molecule has 32 heavy (non-hydrogen) atoms. The fraction of sp³-hybridized carbons (Fsp3) is 0.0833. The molecule has 162 valence electrons. The van der Waals surface area contributed by atoms with Crippen molar-refractivity contribution in [1.29, 1.82) is 5.26 Å². The van der Waals surface area contributed by atoms with Gasteiger partial charge in [-0.15, -0.1) is 0 Å². The predicted molar refractivity (Wildman–Crippen MR) is 119 cm³/mol. The summed E-state index contributed by atoms with van der Waals surface area (Å²) < 4.78 is 45.4. The van der Waals surface area contributed by atoms with E-state index in [4.69, 9.17) is 4.74 Å². The Labute approximate surface area is 191 Å². The molecule has 0 radical (unpaired) electrons. The third-order valence-electron chi connectivity index (χ3n) is 4.37. The van der Waals surface area contributed by atoms with Crippen LogP contribution < -0.4 is 10.1 Å². The highest BCUT2D eigenvalue weighted by molar-refractivity contribution is 9.10. The predicted octanol–water partition coefficient (Wildman–Crippen LogP) is 6.59. The molecule has 0 aromatic heterocycles. The molecule has 3 aromatic carbocycles. The number of ether oxygens (including phenoxy) is 1. The van der Waals surface area contributed by atoms with Gasteiger partial charge in [-0.3, -0.25) is 4.79 Å². The molecule has 4 nitrogen and oxygen atoms in total. The van der Waals surface area contributed by atoms with Gasteiger partial charge in [0.2, 0.25) is 0 Å². The zero-order chi connectivity index (χ0) is 23.1. The topological polar surface area (TPSA) is 62.1 Å². The summed E-state index contributed by atoms with van der Waals surface area (Å²) in [5.41, 5.74) is 0.150. The summed E-state index contributed by atoms with van der Waals surface area (Å²) >= 11 is 3.45. The maximum Gasteiger partial charge on any atom is 0.416 e. The smallest absolute Gasteiger partial charge is 0.416 e. The normalized spacial score (nSPS) is 11.5. The van der Waals surface area contributed by atoms with Crippen LogP contribution in [0, 0.1) is 11.3 Å². The lowest BCUT2D eigenvalue weighted by Crippen LogP contribution is -2.14. The van der Waals surface area contributed by atoms with Gasteiger partial charge in [-0.2, -0.15) is 18.4 Å². The minimum atomic E-state index is -4.54. The molecule has 3 aromatic rings. The second kappa shape index (κ2) is 10.2. The van der Waals surface area contributed by atoms with E-state index in [-0.39, 0.29) is 17.9 Å². The van der Waals surface area contributed by atoms with Gasteiger partial charge >= 0.3 is 6.18 Å². The van der Waals surface area contributed by atoms with Crippen LogP contribution in [-0.4, -0.2) is 5.91 Å². The third kappa shape index (κ3) is 5.99. The van der Waals surface area contributed by atoms with Gasteiger partial charge in [-0.05, 0) is 36.4 Å². The van der Waals surface area contributed by atoms with Gasteiger partial charge in [0, 0.05) is 21.3 Å². The fourth-order valence-corrected chi connectivity index (χ4v) is 3.18. The molecular formula is C24H16BrF3N2O2. The van der Waals surface area contributed by atoms with Crippen LogP contribution in [0.15, 0.2) is 82.8 Å². The number of nitrogens with one attached hydrogen (secondary N) is 1. The van der Waals surface area contributed by atoms with E-state index in [1.807, 2.05) is 24.3 Å². The van der Waals surface area contributed by atoms with Crippen LogP contribution in [0.2, 0.25) is 0 Å². The van der Waals surface area contributed by atoms with Crippen molar-refractivity contribution in [3.8, 4) is 11.8 Å². The van der Waals surface area contributed by atoms with Gasteiger partial charge in [0.25, 0.3) is 5.91 Å². The molecule has 0 aliphatic rings. The number of anilines is 1. The molecule has 0 saturated heterocycles. The largest absolute Gasteiger partial charge is 0.488 e. The summed E-state index contributed by atoms with van der Waals surface area (Å²) in [5.74, 6) is -0.379. The van der Waals surface area contributed by atoms with Crippen molar-refractivity contribution in [3.05, 3.63) is 99.5 Å². The van der Waals surface area contributed by atoms with Crippen molar-refractivity contribution in [3.63, 3.8) is 0 Å². The zero-order valence-electron chi connectivity index (χ0n) is 16.5. The number of carbonyl (C=O) groups is 1. The van der Waals surface area contributed by atoms with Crippen molar-refractivity contribution in [2.75, 3.05) is 5.32 Å². The van der Waals surface area contributed by atoms with Gasteiger partial charge in [-0.1, -0.05) is 58.4 Å². The average molecular weight is 501 g/mol. The summed E-state index contributed by atoms with van der Waals surface area (Å²) in [7, 11) is 0. The van der Waals surface area contributed by atoms with E-state index in [2.05, 4.69) is 21.2 Å². The van der Waals surface area contributed by atoms with Crippen LogP contribution in [0.3, 0.4) is 0 Å². The van der Waals surface area contributed by atoms with E-state index in [1.165, 1.54) is 18.2 Å². The molecule has 0 bridgehead atoms. The monoisotopic (exact) mass is 500 g/mol. The Bertz CT molecular complexity index is 1200. The molecule has 0 heterocycles. The highest BCUT2D eigenvalue weighted by Crippen LogP contribution is 2.31. The molecule has 0 unspecified atom stereocenters. The molecule has 0 atom stereocenters. The Morgan fingerprint density at radius 2 is 1.78 bits per heavy atom. The quantitative estimate of drug-likeness (QED) is 0.306. The number of carbonyl (C=O) groups excluding carboxylic acids is 1. The summed E-state index contributed by atoms with van der Waals surface area (Å²) in [5, 5.41) is 11.8. The third-order valence-corrected chi connectivity index (χ3v) is 5.15. The maximum absolute atomic E-state index is 12.9. The van der Waals surface area contributed by atoms with Crippen LogP contribution in [0.1, 0.15) is 16.7 Å². The highest BCUT2D eigenvalue weighted by Gasteiger charge is 2.30. The molecule has 1 N–H and O–H groups in total. The van der Waals surface area contributed by atoms with Crippen LogP contribution >= 0.6 is 15.9 Å². The lowest BCUT2D eigenvalue weighted by molar-refractivity contribution is -0.137. The van der Waals surface area contributed by atoms with Gasteiger partial charge in [-0.25, -0.2) is 0 Å². The van der Waals surface area contributed by atoms with Gasteiger partial charge in [0.05, 0.1) is 5.56 Å². The average Bonchev–Trinajstić information content (AvgIpc) is 2.77. The van der Waals surface area contributed by atoms with Crippen molar-refractivity contribution >= 4 is 33.6 Å². The summed E-state index contributed by atoms with van der Waals surface area (Å²) in [4.78, 5) is 12.5. The fourth-order valence-electron chi connectivity index (χ4n) is 2.78. The van der Waals surface area contributed by atoms with Crippen molar-refractivity contribution in [1.82, 2.24) is 0 Å². The molecule has 8 heteroatoms. The van der Waals surface area contributed by atoms with E-state index in [0.717, 1.165) is 22.2 Å². The number of alkyl halides is 3. The van der Waals surface area contributed by atoms with E-state index < -0.39 is 17.6 Å². The molecule has 0 spiro atoms. The Morgan fingerprint density at radius 1 is 1.06 bits per heavy atom. The van der Waals surface area contributed by atoms with E-state index in [1.54, 1.807) is 30.3 Å². The second-order valence-corrected chi connectivity index (χ2v) is 7.47. The number of hydrogen-bond acceptors (Lipinski definition) is 3. The molecule has 3 rings (SSSR count). The number of halogens is 4. The van der Waals surface area contributed by atoms with E-state index in [9.17, 15) is 23.2 Å². The summed E-state index contributed by atoms with van der Waals surface area (Å²) in [6.45, 7) is 0.255. The number of hydrogen-bond donors (Lipinski definition) is 1. The molecular weight excluding hydrogens is 485 g/mol. The SMILES string of the molecule is N#C/C(=C\c1ccccc1OCc1ccccc1Br)C(=O)Nc1cccc(C(F)(F)F)c1. The van der Waals surface area contributed by atoms with Crippen LogP contribution in [0.25, 0.3) is 6.08 Å². The van der Waals surface area contributed by atoms with Crippen LogP contribution in [0.5, 0.6) is 5.75 Å². The standard InChI is InChI=1S/C24H16BrF3N2O2/c25-21-10-3-1-7-17(21)15-32-22-11-4-2-6-16(22)12-18(14-29)23(31)30-20-9-5-8-19(13-20)24(26,27)28/h1-13H,15H2,(H,30,31)/b18-12+. The first-order chi connectivity index (χ1) is 15.3. The number of nitrogens with zero attached hydrogens (tertiary/aromatic N) is 1. The lowest BCUT2D eigenvalue weighted by Gasteiger charge is -2.11. The van der Waals surface area contributed by atoms with Gasteiger partial charge < -0.3 is 10.1 Å². The zero-order valence-corrected chi connectivity index (χ0v) is 18.1.